The molecule has 4 aliphatic rings. The molecule has 9 heteroatoms. The number of amides is 2. The number of rotatable bonds is 5. The summed E-state index contributed by atoms with van der Waals surface area (Å²) in [5, 5.41) is 9.93. The first-order valence-electron chi connectivity index (χ1n) is 12.0. The SMILES string of the molecule is CC[C@]12C=CCOC(=O)[C@H]1[C@H]1C(=O)N(CCCO)C3C(=O)N(c4c(C)cccc4Cl)CC=C[C@@]31O2. The number of ether oxygens (including phenoxy) is 2. The number of esters is 1. The van der Waals surface area contributed by atoms with Gasteiger partial charge in [-0.15, -0.1) is 0 Å². The van der Waals surface area contributed by atoms with Crippen LogP contribution in [0.15, 0.2) is 42.5 Å². The maximum Gasteiger partial charge on any atom is 0.313 e. The van der Waals surface area contributed by atoms with Gasteiger partial charge >= 0.3 is 5.97 Å². The van der Waals surface area contributed by atoms with Gasteiger partial charge in [0.05, 0.1) is 16.6 Å². The van der Waals surface area contributed by atoms with Gasteiger partial charge in [-0.05, 0) is 37.5 Å². The predicted octanol–water partition coefficient (Wildman–Crippen LogP) is 2.41. The zero-order valence-corrected chi connectivity index (χ0v) is 20.5. The number of fused-ring (bicyclic) bond motifs is 2. The topological polar surface area (TPSA) is 96.4 Å². The monoisotopic (exact) mass is 500 g/mol. The summed E-state index contributed by atoms with van der Waals surface area (Å²) in [7, 11) is 0. The fraction of sp³-hybridized carbons (Fsp3) is 0.500. The number of benzene rings is 1. The Morgan fingerprint density at radius 1 is 1.14 bits per heavy atom. The zero-order chi connectivity index (χ0) is 25.0. The minimum Gasteiger partial charge on any atom is -0.461 e. The van der Waals surface area contributed by atoms with Crippen molar-refractivity contribution in [3.63, 3.8) is 0 Å². The average Bonchev–Trinajstić information content (AvgIpc) is 3.10. The van der Waals surface area contributed by atoms with E-state index in [1.165, 1.54) is 4.90 Å². The normalized spacial score (nSPS) is 33.8. The fourth-order valence-corrected chi connectivity index (χ4v) is 6.57. The minimum absolute atomic E-state index is 0.111. The van der Waals surface area contributed by atoms with Crippen LogP contribution in [0.25, 0.3) is 0 Å². The Morgan fingerprint density at radius 2 is 1.94 bits per heavy atom. The highest BCUT2D eigenvalue weighted by Crippen LogP contribution is 2.58. The van der Waals surface area contributed by atoms with Gasteiger partial charge in [0, 0.05) is 19.7 Å². The van der Waals surface area contributed by atoms with Crippen molar-refractivity contribution in [2.75, 3.05) is 31.2 Å². The molecule has 1 unspecified atom stereocenters. The Bertz CT molecular complexity index is 1110. The standard InChI is InChI=1S/C26H29ClN2O6/c1-3-25-10-6-15-34-24(33)19(25)18-22(31)29(13-7-14-30)21-23(32)28(12-5-11-26(18,21)35-25)20-16(2)8-4-9-17(20)27/h4-6,8-11,18-19,21,30H,3,7,12-15H2,1-2H3/t18-,19+,21?,25-,26-/m0/s1. The van der Waals surface area contributed by atoms with E-state index in [0.717, 1.165) is 5.56 Å². The number of likely N-dealkylation sites (tertiary alicyclic amines) is 1. The molecule has 5 rings (SSSR count). The van der Waals surface area contributed by atoms with Crippen molar-refractivity contribution in [1.82, 2.24) is 4.90 Å². The minimum atomic E-state index is -1.35. The second-order valence-electron chi connectivity index (χ2n) is 9.52. The first kappa shape index (κ1) is 24.0. The van der Waals surface area contributed by atoms with E-state index in [9.17, 15) is 19.5 Å². The van der Waals surface area contributed by atoms with Gasteiger partial charge < -0.3 is 24.4 Å². The van der Waals surface area contributed by atoms with E-state index in [4.69, 9.17) is 21.1 Å². The van der Waals surface area contributed by atoms with Crippen LogP contribution in [-0.2, 0) is 23.9 Å². The molecule has 35 heavy (non-hydrogen) atoms. The van der Waals surface area contributed by atoms with Crippen LogP contribution < -0.4 is 4.90 Å². The van der Waals surface area contributed by atoms with E-state index < -0.39 is 35.0 Å². The van der Waals surface area contributed by atoms with Gasteiger partial charge in [-0.25, -0.2) is 0 Å². The van der Waals surface area contributed by atoms with Crippen molar-refractivity contribution in [2.24, 2.45) is 11.8 Å². The van der Waals surface area contributed by atoms with E-state index in [1.54, 1.807) is 23.1 Å². The van der Waals surface area contributed by atoms with Gasteiger partial charge in [0.25, 0.3) is 5.91 Å². The second-order valence-corrected chi connectivity index (χ2v) is 9.93. The molecule has 1 aromatic rings. The summed E-state index contributed by atoms with van der Waals surface area (Å²) in [6, 6.07) is 4.41. The summed E-state index contributed by atoms with van der Waals surface area (Å²) in [6.45, 7) is 4.15. The van der Waals surface area contributed by atoms with Gasteiger partial charge in [-0.1, -0.05) is 48.9 Å². The lowest BCUT2D eigenvalue weighted by atomic mass is 9.73. The van der Waals surface area contributed by atoms with Crippen molar-refractivity contribution in [3.8, 4) is 0 Å². The fourth-order valence-electron chi connectivity index (χ4n) is 6.24. The van der Waals surface area contributed by atoms with Crippen molar-refractivity contribution in [3.05, 3.63) is 53.1 Å². The molecule has 0 saturated carbocycles. The first-order chi connectivity index (χ1) is 16.8. The second kappa shape index (κ2) is 8.76. The van der Waals surface area contributed by atoms with Crippen molar-refractivity contribution in [1.29, 1.82) is 0 Å². The molecular formula is C26H29ClN2O6. The highest BCUT2D eigenvalue weighted by molar-refractivity contribution is 6.34. The van der Waals surface area contributed by atoms with Crippen LogP contribution >= 0.6 is 11.6 Å². The number of cyclic esters (lactones) is 1. The number of aliphatic hydroxyl groups is 1. The van der Waals surface area contributed by atoms with Crippen molar-refractivity contribution < 1.29 is 29.0 Å². The highest BCUT2D eigenvalue weighted by atomic mass is 35.5. The number of hydrogen-bond donors (Lipinski definition) is 1. The number of para-hydroxylation sites is 1. The Morgan fingerprint density at radius 3 is 2.66 bits per heavy atom. The summed E-state index contributed by atoms with van der Waals surface area (Å²) in [6.07, 6.45) is 7.89. The van der Waals surface area contributed by atoms with Gasteiger partial charge in [0.15, 0.2) is 0 Å². The summed E-state index contributed by atoms with van der Waals surface area (Å²) in [5.41, 5.74) is -1.01. The van der Waals surface area contributed by atoms with E-state index in [1.807, 2.05) is 38.1 Å². The van der Waals surface area contributed by atoms with Crippen LogP contribution in [0, 0.1) is 18.8 Å². The third-order valence-corrected chi connectivity index (χ3v) is 8.02. The molecule has 1 aromatic carbocycles. The number of nitrogens with zero attached hydrogens (tertiary/aromatic N) is 2. The smallest absolute Gasteiger partial charge is 0.313 e. The van der Waals surface area contributed by atoms with E-state index in [0.29, 0.717) is 23.6 Å². The molecule has 1 spiro atoms. The lowest BCUT2D eigenvalue weighted by Gasteiger charge is -2.38. The molecule has 4 heterocycles. The molecular weight excluding hydrogens is 472 g/mol. The average molecular weight is 501 g/mol. The number of carbonyl (C=O) groups is 3. The van der Waals surface area contributed by atoms with E-state index in [2.05, 4.69) is 0 Å². The molecule has 4 aliphatic heterocycles. The maximum absolute atomic E-state index is 14.3. The van der Waals surface area contributed by atoms with Crippen molar-refractivity contribution in [2.45, 2.75) is 43.9 Å². The summed E-state index contributed by atoms with van der Waals surface area (Å²) < 4.78 is 12.2. The van der Waals surface area contributed by atoms with Gasteiger partial charge in [-0.3, -0.25) is 14.4 Å². The molecule has 8 nitrogen and oxygen atoms in total. The lowest BCUT2D eigenvalue weighted by molar-refractivity contribution is -0.157. The molecule has 2 amide bonds. The molecule has 2 saturated heterocycles. The van der Waals surface area contributed by atoms with Crippen molar-refractivity contribution >= 4 is 35.1 Å². The van der Waals surface area contributed by atoms with Crippen LogP contribution in [-0.4, -0.2) is 71.3 Å². The third kappa shape index (κ3) is 3.37. The Hall–Kier alpha value is -2.68. The molecule has 0 bridgehead atoms. The van der Waals surface area contributed by atoms with Crippen LogP contribution in [0.1, 0.15) is 25.3 Å². The molecule has 0 aromatic heterocycles. The molecule has 1 N–H and O–H groups in total. The predicted molar refractivity (Wildman–Crippen MR) is 129 cm³/mol. The van der Waals surface area contributed by atoms with Crippen LogP contribution in [0.5, 0.6) is 0 Å². The Kier molecular flexibility index (Phi) is 6.02. The highest BCUT2D eigenvalue weighted by Gasteiger charge is 2.75. The van der Waals surface area contributed by atoms with E-state index >= 15 is 0 Å². The molecule has 0 radical (unpaired) electrons. The van der Waals surface area contributed by atoms with E-state index in [-0.39, 0.29) is 38.1 Å². The molecule has 0 aliphatic carbocycles. The number of halogens is 1. The molecule has 5 atom stereocenters. The summed E-state index contributed by atoms with van der Waals surface area (Å²) in [4.78, 5) is 44.5. The van der Waals surface area contributed by atoms with Gasteiger partial charge in [0.2, 0.25) is 5.91 Å². The Balaban J connectivity index is 1.68. The van der Waals surface area contributed by atoms with Gasteiger partial charge in [-0.2, -0.15) is 0 Å². The van der Waals surface area contributed by atoms with Gasteiger partial charge in [0.1, 0.15) is 29.8 Å². The molecule has 186 valence electrons. The molecule has 2 fully saturated rings. The summed E-state index contributed by atoms with van der Waals surface area (Å²) >= 11 is 6.53. The Labute approximate surface area is 209 Å². The zero-order valence-electron chi connectivity index (χ0n) is 19.8. The van der Waals surface area contributed by atoms with Crippen LogP contribution in [0.4, 0.5) is 5.69 Å². The summed E-state index contributed by atoms with van der Waals surface area (Å²) in [5.74, 6) is -2.98. The largest absolute Gasteiger partial charge is 0.461 e. The number of aliphatic hydroxyl groups excluding tert-OH is 1. The number of anilines is 1. The van der Waals surface area contributed by atoms with Crippen LogP contribution in [0.2, 0.25) is 5.02 Å². The lowest BCUT2D eigenvalue weighted by Crippen LogP contribution is -2.56. The number of hydrogen-bond acceptors (Lipinski definition) is 6. The maximum atomic E-state index is 14.3. The van der Waals surface area contributed by atoms with Crippen LogP contribution in [0.3, 0.4) is 0 Å². The third-order valence-electron chi connectivity index (χ3n) is 7.71. The quantitative estimate of drug-likeness (QED) is 0.492. The first-order valence-corrected chi connectivity index (χ1v) is 12.4. The number of carbonyl (C=O) groups excluding carboxylic acids is 3. The number of aryl methyl sites for hydroxylation is 1.